The highest BCUT2D eigenvalue weighted by Gasteiger charge is 2.01. The maximum absolute atomic E-state index is 10.3. The van der Waals surface area contributed by atoms with E-state index >= 15 is 0 Å². The number of carbonyl (C=O) groups is 1. The summed E-state index contributed by atoms with van der Waals surface area (Å²) in [6.45, 7) is 4.12. The maximum Gasteiger partial charge on any atom is 0.307 e. The van der Waals surface area contributed by atoms with Crippen LogP contribution in [0.4, 0.5) is 5.69 Å². The van der Waals surface area contributed by atoms with Gasteiger partial charge in [-0.15, -0.1) is 11.8 Å². The van der Waals surface area contributed by atoms with Crippen LogP contribution in [0.25, 0.3) is 0 Å². The Hall–Kier alpha value is -1.95. The number of aliphatic carboxylic acids is 1. The van der Waals surface area contributed by atoms with Gasteiger partial charge in [-0.3, -0.25) is 4.79 Å². The zero-order chi connectivity index (χ0) is 13.1. The molecule has 17 heavy (non-hydrogen) atoms. The Morgan fingerprint density at radius 1 is 1.24 bits per heavy atom. The summed E-state index contributed by atoms with van der Waals surface area (Å²) in [5.41, 5.74) is 6.71. The third-order valence-electron chi connectivity index (χ3n) is 1.88. The van der Waals surface area contributed by atoms with Crippen LogP contribution in [0.1, 0.15) is 32.3 Å². The zero-order valence-corrected chi connectivity index (χ0v) is 10.4. The molecule has 0 atom stereocenters. The van der Waals surface area contributed by atoms with Gasteiger partial charge in [0.2, 0.25) is 0 Å². The predicted octanol–water partition coefficient (Wildman–Crippen LogP) is 2.71. The summed E-state index contributed by atoms with van der Waals surface area (Å²) in [5.74, 6) is 5.04. The van der Waals surface area contributed by atoms with Crippen molar-refractivity contribution in [1.82, 2.24) is 0 Å². The summed E-state index contributed by atoms with van der Waals surface area (Å²) in [7, 11) is 0. The van der Waals surface area contributed by atoms with Crippen molar-refractivity contribution in [3.05, 3.63) is 29.8 Å². The van der Waals surface area contributed by atoms with Gasteiger partial charge in [0.25, 0.3) is 0 Å². The van der Waals surface area contributed by atoms with E-state index in [0.717, 1.165) is 12.8 Å². The predicted molar refractivity (Wildman–Crippen MR) is 70.6 cm³/mol. The molecule has 0 spiro atoms. The van der Waals surface area contributed by atoms with E-state index in [-0.39, 0.29) is 6.42 Å². The molecule has 0 aromatic heterocycles. The fraction of sp³-hybridized carbons (Fsp3) is 0.357. The molecule has 1 rings (SSSR count). The number of carboxylic acid groups (broad SMARTS) is 1. The van der Waals surface area contributed by atoms with Gasteiger partial charge >= 0.3 is 5.97 Å². The van der Waals surface area contributed by atoms with E-state index in [1.165, 1.54) is 0 Å². The quantitative estimate of drug-likeness (QED) is 0.609. The summed E-state index contributed by atoms with van der Waals surface area (Å²) >= 11 is 0. The fourth-order valence-electron chi connectivity index (χ4n) is 1.11. The third kappa shape index (κ3) is 7.92. The van der Waals surface area contributed by atoms with Crippen LogP contribution in [0, 0.1) is 11.8 Å². The summed E-state index contributed by atoms with van der Waals surface area (Å²) < 4.78 is 0. The first-order valence-corrected chi connectivity index (χ1v) is 5.62. The van der Waals surface area contributed by atoms with Crippen LogP contribution in [0.5, 0.6) is 0 Å². The molecule has 3 nitrogen and oxygen atoms in total. The van der Waals surface area contributed by atoms with Crippen molar-refractivity contribution in [2.75, 3.05) is 5.73 Å². The van der Waals surface area contributed by atoms with Gasteiger partial charge in [0.05, 0.1) is 6.42 Å². The number of hydrogen-bond donors (Lipinski definition) is 2. The number of nitrogen functional groups attached to an aromatic ring is 1. The number of anilines is 1. The van der Waals surface area contributed by atoms with Gasteiger partial charge in [0.1, 0.15) is 0 Å². The summed E-state index contributed by atoms with van der Waals surface area (Å²) in [4.78, 5) is 10.3. The van der Waals surface area contributed by atoms with Crippen molar-refractivity contribution >= 4 is 11.7 Å². The van der Waals surface area contributed by atoms with Crippen LogP contribution in [-0.4, -0.2) is 11.1 Å². The lowest BCUT2D eigenvalue weighted by molar-refractivity contribution is -0.136. The highest BCUT2D eigenvalue weighted by molar-refractivity contribution is 5.72. The lowest BCUT2D eigenvalue weighted by Gasteiger charge is -1.99. The molecule has 0 unspecified atom stereocenters. The molecule has 0 saturated heterocycles. The maximum atomic E-state index is 10.3. The van der Waals surface area contributed by atoms with Gasteiger partial charge in [0.15, 0.2) is 0 Å². The van der Waals surface area contributed by atoms with E-state index in [4.69, 9.17) is 10.8 Å². The highest BCUT2D eigenvalue weighted by Crippen LogP contribution is 2.10. The molecule has 1 aromatic rings. The Balaban J connectivity index is 0.000000366. The number of para-hydroxylation sites is 1. The van der Waals surface area contributed by atoms with Gasteiger partial charge in [0, 0.05) is 18.5 Å². The van der Waals surface area contributed by atoms with Gasteiger partial charge in [-0.2, -0.15) is 0 Å². The minimum atomic E-state index is -0.858. The van der Waals surface area contributed by atoms with Crippen molar-refractivity contribution in [1.29, 1.82) is 0 Å². The lowest BCUT2D eigenvalue weighted by atomic mass is 10.1. The van der Waals surface area contributed by atoms with Crippen molar-refractivity contribution in [2.24, 2.45) is 0 Å². The van der Waals surface area contributed by atoms with Crippen LogP contribution >= 0.6 is 0 Å². The van der Waals surface area contributed by atoms with Gasteiger partial charge in [-0.25, -0.2) is 0 Å². The van der Waals surface area contributed by atoms with E-state index in [2.05, 4.69) is 25.7 Å². The number of benzene rings is 1. The Bertz CT molecular complexity index is 394. The molecule has 0 radical (unpaired) electrons. The van der Waals surface area contributed by atoms with Crippen molar-refractivity contribution < 1.29 is 9.90 Å². The molecule has 0 fully saturated rings. The van der Waals surface area contributed by atoms with Gasteiger partial charge in [-0.1, -0.05) is 32.0 Å². The van der Waals surface area contributed by atoms with E-state index in [1.807, 2.05) is 0 Å². The number of nitrogens with two attached hydrogens (primary N) is 1. The normalized spacial score (nSPS) is 8.35. The van der Waals surface area contributed by atoms with Crippen molar-refractivity contribution in [3.8, 4) is 11.8 Å². The SMILES string of the molecule is CCC#CCC.Nc1ccccc1CC(=O)O. The third-order valence-corrected chi connectivity index (χ3v) is 1.88. The van der Waals surface area contributed by atoms with Gasteiger partial charge < -0.3 is 10.8 Å². The van der Waals surface area contributed by atoms with Crippen LogP contribution in [0.15, 0.2) is 24.3 Å². The summed E-state index contributed by atoms with van der Waals surface area (Å²) in [5, 5.41) is 8.44. The van der Waals surface area contributed by atoms with E-state index < -0.39 is 5.97 Å². The molecule has 1 aromatic carbocycles. The first-order chi connectivity index (χ1) is 8.11. The number of carboxylic acids is 1. The van der Waals surface area contributed by atoms with E-state index in [9.17, 15) is 4.79 Å². The molecular formula is C14H19NO2. The molecule has 0 aliphatic rings. The topological polar surface area (TPSA) is 63.3 Å². The van der Waals surface area contributed by atoms with Crippen LogP contribution in [0.2, 0.25) is 0 Å². The highest BCUT2D eigenvalue weighted by atomic mass is 16.4. The molecule has 0 bridgehead atoms. The molecule has 3 N–H and O–H groups in total. The lowest BCUT2D eigenvalue weighted by Crippen LogP contribution is -2.02. The van der Waals surface area contributed by atoms with Crippen LogP contribution in [-0.2, 0) is 11.2 Å². The fourth-order valence-corrected chi connectivity index (χ4v) is 1.11. The van der Waals surface area contributed by atoms with E-state index in [1.54, 1.807) is 24.3 Å². The molecule has 3 heteroatoms. The van der Waals surface area contributed by atoms with Crippen LogP contribution < -0.4 is 5.73 Å². The van der Waals surface area contributed by atoms with Crippen molar-refractivity contribution in [2.45, 2.75) is 33.1 Å². The molecule has 92 valence electrons. The zero-order valence-electron chi connectivity index (χ0n) is 10.4. The monoisotopic (exact) mass is 233 g/mol. The second-order valence-corrected chi connectivity index (χ2v) is 3.33. The number of hydrogen-bond acceptors (Lipinski definition) is 2. The Labute approximate surface area is 103 Å². The molecular weight excluding hydrogens is 214 g/mol. The Morgan fingerprint density at radius 3 is 2.18 bits per heavy atom. The molecule has 0 aliphatic heterocycles. The molecule has 0 amide bonds. The minimum absolute atomic E-state index is 0.00727. The second kappa shape index (κ2) is 9.29. The van der Waals surface area contributed by atoms with E-state index in [0.29, 0.717) is 11.3 Å². The van der Waals surface area contributed by atoms with Crippen molar-refractivity contribution in [3.63, 3.8) is 0 Å². The largest absolute Gasteiger partial charge is 0.481 e. The Kier molecular flexibility index (Phi) is 8.22. The molecule has 0 heterocycles. The average molecular weight is 233 g/mol. The molecule has 0 saturated carbocycles. The smallest absolute Gasteiger partial charge is 0.307 e. The minimum Gasteiger partial charge on any atom is -0.481 e. The summed E-state index contributed by atoms with van der Waals surface area (Å²) in [6, 6.07) is 6.96. The average Bonchev–Trinajstić information content (AvgIpc) is 2.30. The second-order valence-electron chi connectivity index (χ2n) is 3.33. The first kappa shape index (κ1) is 15.0. The Morgan fingerprint density at radius 2 is 1.76 bits per heavy atom. The molecule has 0 aliphatic carbocycles. The summed E-state index contributed by atoms with van der Waals surface area (Å²) in [6.07, 6.45) is 1.98. The first-order valence-electron chi connectivity index (χ1n) is 5.62. The van der Waals surface area contributed by atoms with Crippen LogP contribution in [0.3, 0.4) is 0 Å². The van der Waals surface area contributed by atoms with Gasteiger partial charge in [-0.05, 0) is 11.6 Å². The number of rotatable bonds is 2. The standard InChI is InChI=1S/C8H9NO2.C6H10/c9-7-4-2-1-3-6(7)5-8(10)11;1-3-5-6-4-2/h1-4H,5,9H2,(H,10,11);3-4H2,1-2H3.